The first-order valence-corrected chi connectivity index (χ1v) is 8.19. The second-order valence-corrected chi connectivity index (χ2v) is 5.68. The fourth-order valence-corrected chi connectivity index (χ4v) is 2.42. The van der Waals surface area contributed by atoms with Gasteiger partial charge in [0.2, 0.25) is 0 Å². The zero-order chi connectivity index (χ0) is 18.1. The highest BCUT2D eigenvalue weighted by molar-refractivity contribution is 5.85. The molecule has 0 aliphatic carbocycles. The molecule has 122 valence electrons. The van der Waals surface area contributed by atoms with E-state index >= 15 is 0 Å². The zero-order valence-corrected chi connectivity index (χ0v) is 14.2. The van der Waals surface area contributed by atoms with Gasteiger partial charge in [-0.05, 0) is 22.8 Å². The van der Waals surface area contributed by atoms with E-state index in [1.165, 1.54) is 0 Å². The smallest absolute Gasteiger partial charge is 0.194 e. The summed E-state index contributed by atoms with van der Waals surface area (Å²) in [6.45, 7) is 10.6. The Morgan fingerprint density at radius 1 is 1.16 bits per heavy atom. The third-order valence-electron chi connectivity index (χ3n) is 3.91. The van der Waals surface area contributed by atoms with Gasteiger partial charge in [-0.3, -0.25) is 0 Å². The van der Waals surface area contributed by atoms with Crippen LogP contribution in [0.15, 0.2) is 48.8 Å². The van der Waals surface area contributed by atoms with Gasteiger partial charge in [-0.2, -0.15) is 10.5 Å². The van der Waals surface area contributed by atoms with Crippen LogP contribution in [-0.2, 0) is 6.54 Å². The van der Waals surface area contributed by atoms with Gasteiger partial charge in [0.15, 0.2) is 24.0 Å². The Labute approximate surface area is 148 Å². The topological polar surface area (TPSA) is 55.8 Å². The van der Waals surface area contributed by atoms with E-state index in [4.69, 9.17) is 17.1 Å². The van der Waals surface area contributed by atoms with Crippen LogP contribution in [-0.4, -0.2) is 0 Å². The van der Waals surface area contributed by atoms with Gasteiger partial charge in [-0.1, -0.05) is 37.6 Å². The number of nitriles is 2. The fourth-order valence-electron chi connectivity index (χ4n) is 2.42. The number of benzene rings is 1. The van der Waals surface area contributed by atoms with Crippen molar-refractivity contribution in [3.05, 3.63) is 76.9 Å². The molecule has 0 saturated carbocycles. The molecule has 0 radical (unpaired) electrons. The average molecular weight is 327 g/mol. The molecule has 0 bridgehead atoms. The molecule has 0 unspecified atom stereocenters. The first-order chi connectivity index (χ1) is 12.2. The highest BCUT2D eigenvalue weighted by atomic mass is 14.9. The summed E-state index contributed by atoms with van der Waals surface area (Å²) in [6, 6.07) is 14.9. The SMILES string of the molecule is [C-]#[N+]C(=Cc1cc[n+](CCCC)cc1)c1ccc(C(C#N)C#N)cc1. The van der Waals surface area contributed by atoms with Crippen LogP contribution >= 0.6 is 0 Å². The number of aryl methyl sites for hydroxylation is 1. The second-order valence-electron chi connectivity index (χ2n) is 5.68. The van der Waals surface area contributed by atoms with Gasteiger partial charge in [0.25, 0.3) is 0 Å². The summed E-state index contributed by atoms with van der Waals surface area (Å²) in [7, 11) is 0. The molecule has 0 saturated heterocycles. The monoisotopic (exact) mass is 327 g/mol. The first kappa shape index (κ1) is 17.9. The molecular formula is C21H19N4+. The van der Waals surface area contributed by atoms with Crippen molar-refractivity contribution < 1.29 is 4.57 Å². The third-order valence-corrected chi connectivity index (χ3v) is 3.91. The number of rotatable bonds is 6. The van der Waals surface area contributed by atoms with Crippen molar-refractivity contribution in [2.24, 2.45) is 0 Å². The van der Waals surface area contributed by atoms with Crippen LogP contribution in [0, 0.1) is 29.2 Å². The van der Waals surface area contributed by atoms with Crippen molar-refractivity contribution in [2.75, 3.05) is 0 Å². The van der Waals surface area contributed by atoms with E-state index in [0.717, 1.165) is 30.5 Å². The van der Waals surface area contributed by atoms with E-state index in [1.807, 2.05) is 42.7 Å². The van der Waals surface area contributed by atoms with E-state index in [0.29, 0.717) is 11.3 Å². The van der Waals surface area contributed by atoms with Gasteiger partial charge in [0.1, 0.15) is 6.54 Å². The largest absolute Gasteiger partial charge is 0.238 e. The summed E-state index contributed by atoms with van der Waals surface area (Å²) in [4.78, 5) is 3.61. The van der Waals surface area contributed by atoms with Gasteiger partial charge < -0.3 is 0 Å². The van der Waals surface area contributed by atoms with Crippen molar-refractivity contribution in [1.82, 2.24) is 0 Å². The average Bonchev–Trinajstić information content (AvgIpc) is 2.67. The highest BCUT2D eigenvalue weighted by Crippen LogP contribution is 2.22. The third kappa shape index (κ3) is 4.77. The summed E-state index contributed by atoms with van der Waals surface area (Å²) < 4.78 is 2.14. The maximum absolute atomic E-state index is 8.94. The lowest BCUT2D eigenvalue weighted by atomic mass is 9.99. The lowest BCUT2D eigenvalue weighted by molar-refractivity contribution is -0.697. The highest BCUT2D eigenvalue weighted by Gasteiger charge is 2.10. The Kier molecular flexibility index (Phi) is 6.47. The number of hydrogen-bond acceptors (Lipinski definition) is 2. The van der Waals surface area contributed by atoms with Crippen LogP contribution in [0.25, 0.3) is 16.6 Å². The molecule has 1 aromatic heterocycles. The van der Waals surface area contributed by atoms with Crippen LogP contribution < -0.4 is 4.57 Å². The molecule has 25 heavy (non-hydrogen) atoms. The lowest BCUT2D eigenvalue weighted by Gasteiger charge is -2.03. The molecule has 0 aliphatic heterocycles. The van der Waals surface area contributed by atoms with Crippen LogP contribution in [0.1, 0.15) is 42.4 Å². The van der Waals surface area contributed by atoms with Crippen LogP contribution in [0.4, 0.5) is 0 Å². The van der Waals surface area contributed by atoms with Crippen LogP contribution in [0.2, 0.25) is 0 Å². The van der Waals surface area contributed by atoms with Crippen LogP contribution in [0.3, 0.4) is 0 Å². The van der Waals surface area contributed by atoms with E-state index in [-0.39, 0.29) is 0 Å². The number of unbranched alkanes of at least 4 members (excludes halogenated alkanes) is 1. The van der Waals surface area contributed by atoms with E-state index < -0.39 is 5.92 Å². The minimum atomic E-state index is -0.776. The predicted molar refractivity (Wildman–Crippen MR) is 96.4 cm³/mol. The Hall–Kier alpha value is -3.42. The molecule has 0 amide bonds. The van der Waals surface area contributed by atoms with E-state index in [9.17, 15) is 0 Å². The van der Waals surface area contributed by atoms with Gasteiger partial charge >= 0.3 is 0 Å². The maximum atomic E-state index is 8.94. The fraction of sp³-hybridized carbons (Fsp3) is 0.238. The van der Waals surface area contributed by atoms with Gasteiger partial charge in [-0.15, -0.1) is 0 Å². The Balaban J connectivity index is 2.22. The van der Waals surface area contributed by atoms with Gasteiger partial charge in [0.05, 0.1) is 18.7 Å². The van der Waals surface area contributed by atoms with Crippen LogP contribution in [0.5, 0.6) is 0 Å². The molecule has 0 fully saturated rings. The molecule has 1 heterocycles. The molecule has 0 aliphatic rings. The summed E-state index contributed by atoms with van der Waals surface area (Å²) in [5.41, 5.74) is 2.92. The zero-order valence-electron chi connectivity index (χ0n) is 14.2. The Morgan fingerprint density at radius 3 is 2.32 bits per heavy atom. The minimum Gasteiger partial charge on any atom is -0.238 e. The Bertz CT molecular complexity index is 843. The molecule has 4 nitrogen and oxygen atoms in total. The van der Waals surface area contributed by atoms with Gasteiger partial charge in [0, 0.05) is 18.6 Å². The molecule has 0 atom stereocenters. The van der Waals surface area contributed by atoms with Crippen molar-refractivity contribution in [1.29, 1.82) is 10.5 Å². The molecule has 4 heteroatoms. The molecule has 2 aromatic rings. The molecule has 0 spiro atoms. The van der Waals surface area contributed by atoms with Crippen molar-refractivity contribution >= 4 is 11.8 Å². The number of aromatic nitrogens is 1. The first-order valence-electron chi connectivity index (χ1n) is 8.19. The molecule has 1 aromatic carbocycles. The van der Waals surface area contributed by atoms with E-state index in [2.05, 4.69) is 16.3 Å². The normalized spacial score (nSPS) is 10.8. The van der Waals surface area contributed by atoms with Crippen molar-refractivity contribution in [2.45, 2.75) is 32.2 Å². The molecule has 2 rings (SSSR count). The predicted octanol–water partition coefficient (Wildman–Crippen LogP) is 4.32. The molecular weight excluding hydrogens is 308 g/mol. The second kappa shape index (κ2) is 9.02. The maximum Gasteiger partial charge on any atom is 0.194 e. The number of hydrogen-bond donors (Lipinski definition) is 0. The van der Waals surface area contributed by atoms with Crippen molar-refractivity contribution in [3.8, 4) is 12.1 Å². The standard InChI is InChI=1S/C21H19N4/c1-3-4-11-25-12-9-17(10-13-25)14-21(24-2)19-7-5-18(6-8-19)20(15-22)16-23/h5-10,12-14,20H,3-4,11H2,1H3/q+1. The quantitative estimate of drug-likeness (QED) is 0.586. The Morgan fingerprint density at radius 2 is 1.80 bits per heavy atom. The summed E-state index contributed by atoms with van der Waals surface area (Å²) >= 11 is 0. The lowest BCUT2D eigenvalue weighted by Crippen LogP contribution is -2.32. The number of pyridine rings is 1. The molecule has 0 N–H and O–H groups in total. The summed E-state index contributed by atoms with van der Waals surface area (Å²) in [6.07, 6.45) is 8.20. The summed E-state index contributed by atoms with van der Waals surface area (Å²) in [5.74, 6) is -0.776. The minimum absolute atomic E-state index is 0.531. The van der Waals surface area contributed by atoms with E-state index in [1.54, 1.807) is 24.3 Å². The van der Waals surface area contributed by atoms with Crippen molar-refractivity contribution in [3.63, 3.8) is 0 Å². The van der Waals surface area contributed by atoms with Gasteiger partial charge in [-0.25, -0.2) is 9.41 Å². The number of nitrogens with zero attached hydrogens (tertiary/aromatic N) is 4. The summed E-state index contributed by atoms with van der Waals surface area (Å²) in [5, 5.41) is 17.9.